The lowest BCUT2D eigenvalue weighted by molar-refractivity contribution is 0.284. The van der Waals surface area contributed by atoms with Gasteiger partial charge in [0.1, 0.15) is 0 Å². The van der Waals surface area contributed by atoms with Gasteiger partial charge in [0.05, 0.1) is 5.82 Å². The van der Waals surface area contributed by atoms with Crippen LogP contribution in [-0.4, -0.2) is 37.0 Å². The van der Waals surface area contributed by atoms with Crippen molar-refractivity contribution in [2.24, 2.45) is 0 Å². The van der Waals surface area contributed by atoms with Gasteiger partial charge in [0.25, 0.3) is 0 Å². The monoisotopic (exact) mass is 152 g/mol. The fraction of sp³-hybridized carbons (Fsp3) is 0.556. The van der Waals surface area contributed by atoms with E-state index in [0.717, 1.165) is 25.3 Å². The first-order chi connectivity index (χ1) is 5.22. The van der Waals surface area contributed by atoms with Crippen molar-refractivity contribution in [3.8, 4) is 0 Å². The van der Waals surface area contributed by atoms with Crippen LogP contribution in [-0.2, 0) is 0 Å². The Bertz CT molecular complexity index is 172. The first kappa shape index (κ1) is 8.18. The van der Waals surface area contributed by atoms with E-state index < -0.39 is 0 Å². The summed E-state index contributed by atoms with van der Waals surface area (Å²) in [4.78, 5) is 4.33. The molecule has 11 heavy (non-hydrogen) atoms. The summed E-state index contributed by atoms with van der Waals surface area (Å²) >= 11 is 0. The highest BCUT2D eigenvalue weighted by atomic mass is 15.3. The zero-order valence-electron chi connectivity index (χ0n) is 7.38. The lowest BCUT2D eigenvalue weighted by Gasteiger charge is -2.30. The summed E-state index contributed by atoms with van der Waals surface area (Å²) in [5, 5.41) is 0. The normalized spacial score (nSPS) is 22.9. The number of nitrogens with zero attached hydrogens (tertiary/aromatic N) is 2. The minimum absolute atomic E-state index is 0.975. The molecule has 0 aliphatic carbocycles. The Labute approximate surface area is 68.8 Å². The Hall–Kier alpha value is -0.920. The molecule has 1 aliphatic rings. The molecule has 62 valence electrons. The summed E-state index contributed by atoms with van der Waals surface area (Å²) < 4.78 is 0. The van der Waals surface area contributed by atoms with Gasteiger partial charge < -0.3 is 9.80 Å². The molecule has 0 bridgehead atoms. The van der Waals surface area contributed by atoms with Gasteiger partial charge in [-0.2, -0.15) is 0 Å². The predicted octanol–water partition coefficient (Wildman–Crippen LogP) is 1.28. The number of likely N-dealkylation sites (N-methyl/N-ethyl adjacent to an activating group) is 1. The van der Waals surface area contributed by atoms with Crippen molar-refractivity contribution in [2.45, 2.75) is 6.42 Å². The molecule has 0 saturated heterocycles. The molecule has 0 aromatic heterocycles. The quantitative estimate of drug-likeness (QED) is 0.482. The maximum atomic E-state index is 4.00. The second kappa shape index (κ2) is 3.46. The van der Waals surface area contributed by atoms with E-state index in [1.807, 2.05) is 0 Å². The Morgan fingerprint density at radius 1 is 1.27 bits per heavy atom. The van der Waals surface area contributed by atoms with Gasteiger partial charge in [0, 0.05) is 27.2 Å². The van der Waals surface area contributed by atoms with E-state index in [-0.39, 0.29) is 0 Å². The second-order valence-corrected chi connectivity index (χ2v) is 2.98. The van der Waals surface area contributed by atoms with Gasteiger partial charge in [-0.3, -0.25) is 0 Å². The van der Waals surface area contributed by atoms with Crippen molar-refractivity contribution >= 4 is 0 Å². The van der Waals surface area contributed by atoms with Crippen LogP contribution in [0.4, 0.5) is 0 Å². The SMILES string of the molecule is C=C1N(C)C/C=C\CCN1C. The average molecular weight is 152 g/mol. The van der Waals surface area contributed by atoms with Crippen molar-refractivity contribution in [3.05, 3.63) is 24.6 Å². The van der Waals surface area contributed by atoms with Gasteiger partial charge in [-0.05, 0) is 6.42 Å². The number of hydrogen-bond acceptors (Lipinski definition) is 2. The van der Waals surface area contributed by atoms with E-state index in [1.54, 1.807) is 0 Å². The Morgan fingerprint density at radius 2 is 2.00 bits per heavy atom. The standard InChI is InChI=1S/C9H16N2/c1-9-10(2)7-5-4-6-8-11(9)3/h4-5H,1,6-8H2,2-3H3/b5-4-. The van der Waals surface area contributed by atoms with Crippen LogP contribution in [0.25, 0.3) is 0 Å². The van der Waals surface area contributed by atoms with Gasteiger partial charge >= 0.3 is 0 Å². The molecule has 0 atom stereocenters. The number of hydrogen-bond donors (Lipinski definition) is 0. The van der Waals surface area contributed by atoms with E-state index in [9.17, 15) is 0 Å². The van der Waals surface area contributed by atoms with Crippen LogP contribution in [0.3, 0.4) is 0 Å². The molecule has 0 aromatic rings. The van der Waals surface area contributed by atoms with Crippen LogP contribution in [0.5, 0.6) is 0 Å². The molecule has 1 rings (SSSR count). The van der Waals surface area contributed by atoms with Gasteiger partial charge in [0.2, 0.25) is 0 Å². The molecule has 1 aliphatic heterocycles. The average Bonchev–Trinajstić information content (AvgIpc) is 2.00. The van der Waals surface area contributed by atoms with Crippen molar-refractivity contribution in [1.29, 1.82) is 0 Å². The maximum Gasteiger partial charge on any atom is 0.0962 e. The predicted molar refractivity (Wildman–Crippen MR) is 48.2 cm³/mol. The maximum absolute atomic E-state index is 4.00. The Morgan fingerprint density at radius 3 is 2.73 bits per heavy atom. The lowest BCUT2D eigenvalue weighted by atomic mass is 10.3. The minimum atomic E-state index is 0.975. The van der Waals surface area contributed by atoms with Crippen LogP contribution < -0.4 is 0 Å². The van der Waals surface area contributed by atoms with Crippen LogP contribution >= 0.6 is 0 Å². The Balaban J connectivity index is 2.62. The van der Waals surface area contributed by atoms with Crippen molar-refractivity contribution in [2.75, 3.05) is 27.2 Å². The molecule has 2 heteroatoms. The highest BCUT2D eigenvalue weighted by molar-refractivity contribution is 4.98. The Kier molecular flexibility index (Phi) is 2.58. The van der Waals surface area contributed by atoms with Crippen molar-refractivity contribution in [1.82, 2.24) is 9.80 Å². The molecular formula is C9H16N2. The fourth-order valence-corrected chi connectivity index (χ4v) is 1.14. The summed E-state index contributed by atoms with van der Waals surface area (Å²) in [6, 6.07) is 0. The summed E-state index contributed by atoms with van der Waals surface area (Å²) in [6.45, 7) is 6.04. The summed E-state index contributed by atoms with van der Waals surface area (Å²) in [5.74, 6) is 1.11. The highest BCUT2D eigenvalue weighted by Gasteiger charge is 2.06. The van der Waals surface area contributed by atoms with Crippen LogP contribution in [0.2, 0.25) is 0 Å². The molecule has 0 saturated carbocycles. The second-order valence-electron chi connectivity index (χ2n) is 2.98. The molecule has 2 nitrogen and oxygen atoms in total. The van der Waals surface area contributed by atoms with Crippen molar-refractivity contribution in [3.63, 3.8) is 0 Å². The van der Waals surface area contributed by atoms with Crippen molar-refractivity contribution < 1.29 is 0 Å². The molecule has 0 N–H and O–H groups in total. The van der Waals surface area contributed by atoms with Crippen LogP contribution in [0.15, 0.2) is 24.6 Å². The third-order valence-electron chi connectivity index (χ3n) is 2.06. The van der Waals surface area contributed by atoms with Gasteiger partial charge in [-0.25, -0.2) is 0 Å². The fourth-order valence-electron chi connectivity index (χ4n) is 1.14. The molecule has 0 radical (unpaired) electrons. The van der Waals surface area contributed by atoms with E-state index in [2.05, 4.69) is 42.6 Å². The summed E-state index contributed by atoms with van der Waals surface area (Å²) in [7, 11) is 4.15. The third kappa shape index (κ3) is 2.00. The zero-order valence-corrected chi connectivity index (χ0v) is 7.38. The summed E-state index contributed by atoms with van der Waals surface area (Å²) in [5.41, 5.74) is 0. The van der Waals surface area contributed by atoms with Crippen LogP contribution in [0.1, 0.15) is 6.42 Å². The molecule has 0 aromatic carbocycles. The first-order valence-corrected chi connectivity index (χ1v) is 3.98. The molecule has 0 amide bonds. The lowest BCUT2D eigenvalue weighted by Crippen LogP contribution is -2.31. The first-order valence-electron chi connectivity index (χ1n) is 3.98. The van der Waals surface area contributed by atoms with Gasteiger partial charge in [-0.1, -0.05) is 18.7 Å². The van der Waals surface area contributed by atoms with Gasteiger partial charge in [0.15, 0.2) is 0 Å². The smallest absolute Gasteiger partial charge is 0.0962 e. The largest absolute Gasteiger partial charge is 0.362 e. The molecule has 0 spiro atoms. The highest BCUT2D eigenvalue weighted by Crippen LogP contribution is 2.07. The van der Waals surface area contributed by atoms with E-state index in [0.29, 0.717) is 0 Å². The third-order valence-corrected chi connectivity index (χ3v) is 2.06. The zero-order chi connectivity index (χ0) is 8.27. The molecule has 0 fully saturated rings. The van der Waals surface area contributed by atoms with E-state index in [1.165, 1.54) is 0 Å². The summed E-state index contributed by atoms with van der Waals surface area (Å²) in [6.07, 6.45) is 5.54. The molecule has 0 unspecified atom stereocenters. The van der Waals surface area contributed by atoms with E-state index >= 15 is 0 Å². The molecule has 1 heterocycles. The van der Waals surface area contributed by atoms with Crippen LogP contribution in [0, 0.1) is 0 Å². The number of rotatable bonds is 0. The van der Waals surface area contributed by atoms with Gasteiger partial charge in [-0.15, -0.1) is 0 Å². The van der Waals surface area contributed by atoms with E-state index in [4.69, 9.17) is 0 Å². The minimum Gasteiger partial charge on any atom is -0.362 e. The topological polar surface area (TPSA) is 6.48 Å². The molecular weight excluding hydrogens is 136 g/mol.